The Kier molecular flexibility index (Phi) is 8.14. The number of sulfone groups is 1. The van der Waals surface area contributed by atoms with Crippen LogP contribution in [0.1, 0.15) is 75.6 Å². The molecule has 2 aromatic rings. The SMILES string of the molecule is CCCc1cc(S(=O)(=O)c2cc(CCC)c(O)c(CCC)c2)cc(CCC)c1O. The Bertz CT molecular complexity index is 820. The van der Waals surface area contributed by atoms with Crippen LogP contribution in [0.2, 0.25) is 0 Å². The molecule has 0 aliphatic heterocycles. The molecule has 0 aliphatic carbocycles. The minimum atomic E-state index is -3.76. The number of phenolic OH excluding ortho intramolecular Hbond substituents is 2. The van der Waals surface area contributed by atoms with Gasteiger partial charge in [-0.1, -0.05) is 53.4 Å². The van der Waals surface area contributed by atoms with Crippen molar-refractivity contribution in [3.8, 4) is 11.5 Å². The van der Waals surface area contributed by atoms with E-state index in [0.29, 0.717) is 47.9 Å². The second-order valence-corrected chi connectivity index (χ2v) is 9.63. The predicted molar refractivity (Wildman–Crippen MR) is 118 cm³/mol. The Hall–Kier alpha value is -2.01. The van der Waals surface area contributed by atoms with Crippen LogP contribution in [0.25, 0.3) is 0 Å². The molecule has 0 spiro atoms. The van der Waals surface area contributed by atoms with E-state index < -0.39 is 9.84 Å². The normalized spacial score (nSPS) is 11.7. The average molecular weight is 419 g/mol. The number of benzene rings is 2. The summed E-state index contributed by atoms with van der Waals surface area (Å²) in [5.74, 6) is 0.438. The van der Waals surface area contributed by atoms with Gasteiger partial charge in [-0.15, -0.1) is 0 Å². The molecule has 5 heteroatoms. The molecular weight excluding hydrogens is 384 g/mol. The van der Waals surface area contributed by atoms with Gasteiger partial charge in [-0.05, 0) is 72.2 Å². The number of rotatable bonds is 10. The number of phenols is 2. The maximum Gasteiger partial charge on any atom is 0.206 e. The summed E-state index contributed by atoms with van der Waals surface area (Å²) in [5.41, 5.74) is 2.72. The highest BCUT2D eigenvalue weighted by Gasteiger charge is 2.24. The van der Waals surface area contributed by atoms with Crippen LogP contribution >= 0.6 is 0 Å². The summed E-state index contributed by atoms with van der Waals surface area (Å²) in [6, 6.07) is 6.44. The van der Waals surface area contributed by atoms with Gasteiger partial charge >= 0.3 is 0 Å². The van der Waals surface area contributed by atoms with Gasteiger partial charge in [0.25, 0.3) is 0 Å². The Balaban J connectivity index is 2.68. The monoisotopic (exact) mass is 418 g/mol. The molecular formula is C24H34O4S. The molecule has 2 aromatic carbocycles. The van der Waals surface area contributed by atoms with Gasteiger partial charge < -0.3 is 10.2 Å². The summed E-state index contributed by atoms with van der Waals surface area (Å²) >= 11 is 0. The lowest BCUT2D eigenvalue weighted by Gasteiger charge is -2.16. The average Bonchev–Trinajstić information content (AvgIpc) is 2.68. The van der Waals surface area contributed by atoms with E-state index >= 15 is 0 Å². The molecule has 0 atom stereocenters. The van der Waals surface area contributed by atoms with E-state index in [2.05, 4.69) is 0 Å². The van der Waals surface area contributed by atoms with Gasteiger partial charge in [-0.25, -0.2) is 8.42 Å². The fraction of sp³-hybridized carbons (Fsp3) is 0.500. The van der Waals surface area contributed by atoms with Crippen LogP contribution in [-0.4, -0.2) is 18.6 Å². The van der Waals surface area contributed by atoms with Crippen molar-refractivity contribution in [2.45, 2.75) is 88.9 Å². The zero-order valence-electron chi connectivity index (χ0n) is 18.1. The summed E-state index contributed by atoms with van der Waals surface area (Å²) in [6.07, 6.45) is 5.80. The third kappa shape index (κ3) is 5.13. The summed E-state index contributed by atoms with van der Waals surface area (Å²) in [6.45, 7) is 8.03. The molecule has 29 heavy (non-hydrogen) atoms. The Morgan fingerprint density at radius 1 is 0.586 bits per heavy atom. The molecule has 0 aromatic heterocycles. The lowest BCUT2D eigenvalue weighted by Crippen LogP contribution is -2.07. The zero-order chi connectivity index (χ0) is 21.6. The first-order chi connectivity index (χ1) is 13.8. The van der Waals surface area contributed by atoms with E-state index in [0.717, 1.165) is 25.7 Å². The van der Waals surface area contributed by atoms with Crippen LogP contribution in [0.15, 0.2) is 34.1 Å². The van der Waals surface area contributed by atoms with Crippen molar-refractivity contribution in [1.82, 2.24) is 0 Å². The lowest BCUT2D eigenvalue weighted by molar-refractivity contribution is 0.459. The number of aromatic hydroxyl groups is 2. The minimum absolute atomic E-state index is 0.219. The molecule has 0 radical (unpaired) electrons. The first kappa shape index (κ1) is 23.3. The third-order valence-electron chi connectivity index (χ3n) is 5.18. The number of hydrogen-bond acceptors (Lipinski definition) is 4. The molecule has 0 fully saturated rings. The van der Waals surface area contributed by atoms with Crippen molar-refractivity contribution in [3.05, 3.63) is 46.5 Å². The molecule has 2 N–H and O–H groups in total. The second-order valence-electron chi connectivity index (χ2n) is 7.68. The van der Waals surface area contributed by atoms with E-state index in [1.54, 1.807) is 24.3 Å². The molecule has 0 amide bonds. The molecule has 0 bridgehead atoms. The standard InChI is InChI=1S/C24H34O4S/c1-5-9-17-13-21(14-18(10-6-2)23(17)25)29(27,28)22-15-19(11-7-3)24(26)20(16-22)12-8-4/h13-16,25-26H,5-12H2,1-4H3. The van der Waals surface area contributed by atoms with Crippen molar-refractivity contribution in [3.63, 3.8) is 0 Å². The van der Waals surface area contributed by atoms with E-state index in [1.165, 1.54) is 0 Å². The minimum Gasteiger partial charge on any atom is -0.507 e. The molecule has 0 heterocycles. The van der Waals surface area contributed by atoms with E-state index in [-0.39, 0.29) is 21.3 Å². The fourth-order valence-corrected chi connectivity index (χ4v) is 5.20. The molecule has 0 saturated heterocycles. The van der Waals surface area contributed by atoms with Gasteiger partial charge in [-0.2, -0.15) is 0 Å². The third-order valence-corrected chi connectivity index (χ3v) is 6.89. The molecule has 0 aliphatic rings. The van der Waals surface area contributed by atoms with E-state index in [1.807, 2.05) is 27.7 Å². The second kappa shape index (κ2) is 10.1. The van der Waals surface area contributed by atoms with E-state index in [4.69, 9.17) is 0 Å². The lowest BCUT2D eigenvalue weighted by atomic mass is 10.0. The first-order valence-corrected chi connectivity index (χ1v) is 12.2. The van der Waals surface area contributed by atoms with Gasteiger partial charge in [0, 0.05) is 0 Å². The van der Waals surface area contributed by atoms with Crippen LogP contribution in [0.5, 0.6) is 11.5 Å². The van der Waals surface area contributed by atoms with Gasteiger partial charge in [-0.3, -0.25) is 0 Å². The van der Waals surface area contributed by atoms with E-state index in [9.17, 15) is 18.6 Å². The molecule has 0 unspecified atom stereocenters. The Morgan fingerprint density at radius 3 is 1.03 bits per heavy atom. The Morgan fingerprint density at radius 2 is 0.828 bits per heavy atom. The maximum absolute atomic E-state index is 13.5. The predicted octanol–water partition coefficient (Wildman–Crippen LogP) is 5.74. The number of aryl methyl sites for hydroxylation is 4. The van der Waals surface area contributed by atoms with Crippen LogP contribution in [0, 0.1) is 0 Å². The topological polar surface area (TPSA) is 74.6 Å². The van der Waals surface area contributed by atoms with Crippen molar-refractivity contribution in [2.75, 3.05) is 0 Å². The van der Waals surface area contributed by atoms with Crippen LogP contribution in [0.3, 0.4) is 0 Å². The maximum atomic E-state index is 13.5. The highest BCUT2D eigenvalue weighted by Crippen LogP contribution is 2.35. The molecule has 4 nitrogen and oxygen atoms in total. The fourth-order valence-electron chi connectivity index (χ4n) is 3.74. The van der Waals surface area contributed by atoms with Crippen LogP contribution in [0.4, 0.5) is 0 Å². The Labute approximate surface area is 175 Å². The summed E-state index contributed by atoms with van der Waals surface area (Å²) in [5, 5.41) is 21.1. The highest BCUT2D eigenvalue weighted by molar-refractivity contribution is 7.91. The zero-order valence-corrected chi connectivity index (χ0v) is 18.9. The summed E-state index contributed by atoms with van der Waals surface area (Å²) in [7, 11) is -3.76. The van der Waals surface area contributed by atoms with Gasteiger partial charge in [0.2, 0.25) is 9.84 Å². The van der Waals surface area contributed by atoms with Crippen LogP contribution in [-0.2, 0) is 35.5 Å². The highest BCUT2D eigenvalue weighted by atomic mass is 32.2. The van der Waals surface area contributed by atoms with Crippen molar-refractivity contribution >= 4 is 9.84 Å². The van der Waals surface area contributed by atoms with Crippen molar-refractivity contribution in [1.29, 1.82) is 0 Å². The van der Waals surface area contributed by atoms with Crippen molar-refractivity contribution < 1.29 is 18.6 Å². The van der Waals surface area contributed by atoms with Crippen LogP contribution < -0.4 is 0 Å². The first-order valence-electron chi connectivity index (χ1n) is 10.7. The molecule has 0 saturated carbocycles. The molecule has 160 valence electrons. The number of hydrogen-bond donors (Lipinski definition) is 2. The van der Waals surface area contributed by atoms with Crippen molar-refractivity contribution in [2.24, 2.45) is 0 Å². The summed E-state index contributed by atoms with van der Waals surface area (Å²) in [4.78, 5) is 0.440. The van der Waals surface area contributed by atoms with Gasteiger partial charge in [0.15, 0.2) is 0 Å². The summed E-state index contributed by atoms with van der Waals surface area (Å²) < 4.78 is 27.0. The molecule has 2 rings (SSSR count). The largest absolute Gasteiger partial charge is 0.507 e. The smallest absolute Gasteiger partial charge is 0.206 e. The van der Waals surface area contributed by atoms with Gasteiger partial charge in [0.1, 0.15) is 11.5 Å². The van der Waals surface area contributed by atoms with Gasteiger partial charge in [0.05, 0.1) is 9.79 Å². The quantitative estimate of drug-likeness (QED) is 0.516.